The Labute approximate surface area is 166 Å². The van der Waals surface area contributed by atoms with Crippen molar-refractivity contribution >= 4 is 17.6 Å². The van der Waals surface area contributed by atoms with Crippen LogP contribution in [-0.4, -0.2) is 46.0 Å². The van der Waals surface area contributed by atoms with Gasteiger partial charge in [0.05, 0.1) is 0 Å². The van der Waals surface area contributed by atoms with Crippen molar-refractivity contribution < 1.29 is 33.5 Å². The summed E-state index contributed by atoms with van der Waals surface area (Å²) >= 11 is 0. The van der Waals surface area contributed by atoms with Crippen LogP contribution in [0.1, 0.15) is 42.6 Å². The van der Waals surface area contributed by atoms with Crippen LogP contribution >= 0.6 is 0 Å². The summed E-state index contributed by atoms with van der Waals surface area (Å²) in [6, 6.07) is 3.81. The van der Waals surface area contributed by atoms with Crippen molar-refractivity contribution in [3.05, 3.63) is 35.4 Å². The number of Topliss-reactive ketones (excluding diaryl/α,β-unsaturated/α-hetero) is 1. The molecule has 1 saturated carbocycles. The Kier molecular flexibility index (Phi) is 7.06. The zero-order valence-electron chi connectivity index (χ0n) is 15.9. The second-order valence-electron chi connectivity index (χ2n) is 7.26. The lowest BCUT2D eigenvalue weighted by molar-refractivity contribution is -0.149. The zero-order chi connectivity index (χ0) is 21.8. The summed E-state index contributed by atoms with van der Waals surface area (Å²) in [5.74, 6) is 4.36. The third-order valence-corrected chi connectivity index (χ3v) is 4.70. The average molecular weight is 408 g/mol. The molecule has 0 heterocycles. The van der Waals surface area contributed by atoms with Gasteiger partial charge in [-0.25, -0.2) is 14.3 Å². The quantitative estimate of drug-likeness (QED) is 0.308. The molecule has 0 spiro atoms. The summed E-state index contributed by atoms with van der Waals surface area (Å²) in [6.45, 7) is 2.22. The molecule has 7 nitrogen and oxygen atoms in total. The monoisotopic (exact) mass is 408 g/mol. The molecule has 1 fully saturated rings. The Morgan fingerprint density at radius 1 is 1.28 bits per heavy atom. The lowest BCUT2D eigenvalue weighted by Gasteiger charge is -2.30. The van der Waals surface area contributed by atoms with E-state index in [1.807, 2.05) is 5.32 Å². The average Bonchev–Trinajstić information content (AvgIpc) is 3.40. The molecular weight excluding hydrogens is 386 g/mol. The molecule has 29 heavy (non-hydrogen) atoms. The Morgan fingerprint density at radius 3 is 2.41 bits per heavy atom. The zero-order valence-corrected chi connectivity index (χ0v) is 15.9. The molecule has 0 radical (unpaired) electrons. The van der Waals surface area contributed by atoms with E-state index in [4.69, 9.17) is 5.21 Å². The first kappa shape index (κ1) is 22.5. The number of amides is 2. The molecule has 0 aliphatic heterocycles. The number of carbonyl (C=O) groups excluding carboxylic acids is 3. The van der Waals surface area contributed by atoms with Crippen LogP contribution in [0.4, 0.5) is 8.78 Å². The summed E-state index contributed by atoms with van der Waals surface area (Å²) in [5, 5.41) is 20.5. The van der Waals surface area contributed by atoms with Crippen LogP contribution in [0, 0.1) is 23.7 Å². The van der Waals surface area contributed by atoms with E-state index >= 15 is 0 Å². The number of rotatable bonds is 7. The number of benzene rings is 1. The summed E-state index contributed by atoms with van der Waals surface area (Å²) in [4.78, 5) is 35.0. The van der Waals surface area contributed by atoms with Gasteiger partial charge in [-0.3, -0.25) is 14.8 Å². The first-order valence-corrected chi connectivity index (χ1v) is 8.92. The van der Waals surface area contributed by atoms with Gasteiger partial charge in [0, 0.05) is 23.5 Å². The topological polar surface area (TPSA) is 116 Å². The van der Waals surface area contributed by atoms with Crippen molar-refractivity contribution in [1.29, 1.82) is 0 Å². The number of aliphatic hydroxyl groups is 1. The Bertz CT molecular complexity index is 843. The molecule has 2 rings (SSSR count). The first-order valence-electron chi connectivity index (χ1n) is 8.92. The Hall–Kier alpha value is -2.83. The molecule has 4 atom stereocenters. The number of hydrogen-bond acceptors (Lipinski definition) is 5. The molecule has 0 aromatic heterocycles. The minimum absolute atomic E-state index is 0.0530. The lowest BCUT2D eigenvalue weighted by atomic mass is 9.95. The number of carbonyl (C=O) groups is 3. The number of hydrogen-bond donors (Lipinski definition) is 4. The van der Waals surface area contributed by atoms with Crippen molar-refractivity contribution in [3.63, 3.8) is 0 Å². The van der Waals surface area contributed by atoms with Gasteiger partial charge in [0.25, 0.3) is 18.2 Å². The molecule has 1 aromatic carbocycles. The highest BCUT2D eigenvalue weighted by molar-refractivity contribution is 5.97. The lowest BCUT2D eigenvalue weighted by Crippen LogP contribution is -2.61. The molecular formula is C20H22F2N2O5. The molecule has 2 unspecified atom stereocenters. The highest BCUT2D eigenvalue weighted by Gasteiger charge is 2.46. The van der Waals surface area contributed by atoms with Crippen LogP contribution in [0.2, 0.25) is 0 Å². The van der Waals surface area contributed by atoms with Gasteiger partial charge in [0.1, 0.15) is 11.8 Å². The second kappa shape index (κ2) is 9.11. The highest BCUT2D eigenvalue weighted by Crippen LogP contribution is 2.40. The van der Waals surface area contributed by atoms with Crippen molar-refractivity contribution in [2.45, 2.75) is 44.8 Å². The SMILES string of the molecule is CC(=O)CC1CC1C#Cc1ccc(C(=O)N[C@H](C(=O)NO)[C@](C)(O)C(F)F)cc1. The number of nitrogens with one attached hydrogen (secondary N) is 2. The van der Waals surface area contributed by atoms with Gasteiger partial charge < -0.3 is 15.2 Å². The smallest absolute Gasteiger partial charge is 0.269 e. The van der Waals surface area contributed by atoms with Gasteiger partial charge in [-0.1, -0.05) is 11.8 Å². The summed E-state index contributed by atoms with van der Waals surface area (Å²) < 4.78 is 26.0. The largest absolute Gasteiger partial charge is 0.381 e. The van der Waals surface area contributed by atoms with Crippen LogP contribution < -0.4 is 10.8 Å². The van der Waals surface area contributed by atoms with E-state index in [-0.39, 0.29) is 17.3 Å². The molecule has 9 heteroatoms. The predicted molar refractivity (Wildman–Crippen MR) is 98.0 cm³/mol. The molecule has 156 valence electrons. The predicted octanol–water partition coefficient (Wildman–Crippen LogP) is 1.27. The summed E-state index contributed by atoms with van der Waals surface area (Å²) in [7, 11) is 0. The van der Waals surface area contributed by atoms with Crippen LogP contribution in [0.3, 0.4) is 0 Å². The molecule has 1 aliphatic carbocycles. The maximum atomic E-state index is 13.0. The van der Waals surface area contributed by atoms with Crippen molar-refractivity contribution in [2.75, 3.05) is 0 Å². The highest BCUT2D eigenvalue weighted by atomic mass is 19.3. The number of alkyl halides is 2. The van der Waals surface area contributed by atoms with Crippen LogP contribution in [0.15, 0.2) is 24.3 Å². The molecule has 0 bridgehead atoms. The fourth-order valence-electron chi connectivity index (χ4n) is 2.78. The summed E-state index contributed by atoms with van der Waals surface area (Å²) in [5.41, 5.74) is -1.06. The number of halogens is 2. The van der Waals surface area contributed by atoms with Crippen molar-refractivity contribution in [1.82, 2.24) is 10.8 Å². The standard InChI is InChI=1S/C20H22F2N2O5/c1-11(25)9-15-10-14(15)8-5-12-3-6-13(7-4-12)17(26)23-16(18(27)24-29)20(2,28)19(21)22/h3-4,6-7,14-16,19,28-29H,9-10H2,1-2H3,(H,23,26)(H,24,27)/t14?,15?,16-,20+/m1/s1. The Balaban J connectivity index is 2.04. The van der Waals surface area contributed by atoms with E-state index in [0.29, 0.717) is 24.8 Å². The van der Waals surface area contributed by atoms with E-state index in [2.05, 4.69) is 11.8 Å². The van der Waals surface area contributed by atoms with Crippen molar-refractivity contribution in [2.24, 2.45) is 11.8 Å². The first-order chi connectivity index (χ1) is 13.6. The fraction of sp³-hybridized carbons (Fsp3) is 0.450. The summed E-state index contributed by atoms with van der Waals surface area (Å²) in [6.07, 6.45) is -1.95. The minimum atomic E-state index is -3.35. The maximum absolute atomic E-state index is 13.0. The maximum Gasteiger partial charge on any atom is 0.269 e. The minimum Gasteiger partial charge on any atom is -0.381 e. The van der Waals surface area contributed by atoms with Gasteiger partial charge >= 0.3 is 0 Å². The van der Waals surface area contributed by atoms with Crippen LogP contribution in [0.25, 0.3) is 0 Å². The molecule has 1 aromatic rings. The van der Waals surface area contributed by atoms with Gasteiger partial charge in [0.2, 0.25) is 0 Å². The van der Waals surface area contributed by atoms with Gasteiger partial charge in [-0.2, -0.15) is 0 Å². The van der Waals surface area contributed by atoms with Crippen LogP contribution in [-0.2, 0) is 9.59 Å². The third-order valence-electron chi connectivity index (χ3n) is 4.70. The number of ketones is 1. The normalized spacial score (nSPS) is 20.7. The van der Waals surface area contributed by atoms with E-state index < -0.39 is 29.9 Å². The van der Waals surface area contributed by atoms with E-state index in [1.165, 1.54) is 12.1 Å². The number of hydroxylamine groups is 1. The molecule has 2 amide bonds. The molecule has 4 N–H and O–H groups in total. The van der Waals surface area contributed by atoms with Gasteiger partial charge in [-0.05, 0) is 50.5 Å². The van der Waals surface area contributed by atoms with Crippen molar-refractivity contribution in [3.8, 4) is 11.8 Å². The molecule has 0 saturated heterocycles. The second-order valence-corrected chi connectivity index (χ2v) is 7.26. The van der Waals surface area contributed by atoms with Gasteiger partial charge in [0.15, 0.2) is 5.60 Å². The fourth-order valence-corrected chi connectivity index (χ4v) is 2.78. The molecule has 1 aliphatic rings. The third kappa shape index (κ3) is 5.82. The van der Waals surface area contributed by atoms with E-state index in [1.54, 1.807) is 19.1 Å². The van der Waals surface area contributed by atoms with Gasteiger partial charge in [-0.15, -0.1) is 0 Å². The Morgan fingerprint density at radius 2 is 1.90 bits per heavy atom. The van der Waals surface area contributed by atoms with E-state index in [0.717, 1.165) is 11.9 Å². The van der Waals surface area contributed by atoms with Crippen LogP contribution in [0.5, 0.6) is 0 Å². The van der Waals surface area contributed by atoms with E-state index in [9.17, 15) is 28.3 Å².